The molecule has 0 saturated heterocycles. The van der Waals surface area contributed by atoms with Gasteiger partial charge in [-0.05, 0) is 65.4 Å². The molecule has 3 aromatic carbocycles. The largest absolute Gasteiger partial charge is 0.466 e. The van der Waals surface area contributed by atoms with E-state index >= 15 is 0 Å². The highest BCUT2D eigenvalue weighted by molar-refractivity contribution is 9.10. The van der Waals surface area contributed by atoms with Crippen LogP contribution in [0.25, 0.3) is 16.3 Å². The van der Waals surface area contributed by atoms with Gasteiger partial charge in [0.15, 0.2) is 0 Å². The number of anilines is 1. The van der Waals surface area contributed by atoms with E-state index in [2.05, 4.69) is 81.9 Å². The summed E-state index contributed by atoms with van der Waals surface area (Å²) in [5.74, 6) is -0.303. The zero-order valence-electron chi connectivity index (χ0n) is 16.2. The van der Waals surface area contributed by atoms with Crippen molar-refractivity contribution in [2.24, 2.45) is 5.92 Å². The number of hydrogen-bond donors (Lipinski definition) is 1. The lowest BCUT2D eigenvalue weighted by Crippen LogP contribution is -2.22. The first-order valence-corrected chi connectivity index (χ1v) is 10.9. The standard InChI is InChI=1S/C25H22BrNO2/c1-2-29-25(28)20-13-12-19-22(20)23-18-6-4-3-5-15(18)9-14-21(23)27-24(19)16-7-10-17(26)11-8-16/h3-11,14,20,24,27H,2,12-13H2,1H3/t20-,24-/m0/s1. The van der Waals surface area contributed by atoms with Crippen LogP contribution in [0.3, 0.4) is 0 Å². The van der Waals surface area contributed by atoms with Gasteiger partial charge in [-0.2, -0.15) is 0 Å². The minimum Gasteiger partial charge on any atom is -0.466 e. The summed E-state index contributed by atoms with van der Waals surface area (Å²) in [5, 5.41) is 6.14. The molecule has 0 bridgehead atoms. The molecule has 2 atom stereocenters. The molecule has 1 aliphatic carbocycles. The first kappa shape index (κ1) is 18.4. The lowest BCUT2D eigenvalue weighted by atomic mass is 9.83. The predicted octanol–water partition coefficient (Wildman–Crippen LogP) is 6.50. The second kappa shape index (κ2) is 7.34. The van der Waals surface area contributed by atoms with Crippen molar-refractivity contribution < 1.29 is 9.53 Å². The maximum absolute atomic E-state index is 12.9. The molecule has 3 nitrogen and oxygen atoms in total. The normalized spacial score (nSPS) is 20.2. The van der Waals surface area contributed by atoms with E-state index in [4.69, 9.17) is 4.74 Å². The van der Waals surface area contributed by atoms with Gasteiger partial charge in [0.25, 0.3) is 0 Å². The summed E-state index contributed by atoms with van der Waals surface area (Å²) in [6.07, 6.45) is 1.70. The number of carbonyl (C=O) groups excluding carboxylic acids is 1. The third-order valence-corrected chi connectivity index (χ3v) is 6.55. The average Bonchev–Trinajstić information content (AvgIpc) is 3.19. The molecule has 0 amide bonds. The second-order valence-electron chi connectivity index (χ2n) is 7.62. The van der Waals surface area contributed by atoms with Crippen molar-refractivity contribution in [3.63, 3.8) is 0 Å². The Hall–Kier alpha value is -2.59. The molecule has 2 aliphatic rings. The van der Waals surface area contributed by atoms with Gasteiger partial charge >= 0.3 is 5.97 Å². The maximum atomic E-state index is 12.9. The molecule has 0 aromatic heterocycles. The Kier molecular flexibility index (Phi) is 4.67. The molecule has 3 aromatic rings. The lowest BCUT2D eigenvalue weighted by molar-refractivity contribution is -0.145. The molecular formula is C25H22BrNO2. The molecule has 0 radical (unpaired) electrons. The van der Waals surface area contributed by atoms with Gasteiger partial charge in [0.1, 0.15) is 0 Å². The van der Waals surface area contributed by atoms with E-state index in [9.17, 15) is 4.79 Å². The van der Waals surface area contributed by atoms with Crippen molar-refractivity contribution in [2.75, 3.05) is 11.9 Å². The van der Waals surface area contributed by atoms with Gasteiger partial charge < -0.3 is 10.1 Å². The summed E-state index contributed by atoms with van der Waals surface area (Å²) in [4.78, 5) is 12.9. The van der Waals surface area contributed by atoms with Crippen LogP contribution < -0.4 is 5.32 Å². The maximum Gasteiger partial charge on any atom is 0.313 e. The molecule has 0 unspecified atom stereocenters. The summed E-state index contributed by atoms with van der Waals surface area (Å²) in [6.45, 7) is 2.28. The van der Waals surface area contributed by atoms with E-state index in [-0.39, 0.29) is 17.9 Å². The number of esters is 1. The van der Waals surface area contributed by atoms with Crippen LogP contribution in [0.2, 0.25) is 0 Å². The van der Waals surface area contributed by atoms with Crippen LogP contribution in [-0.2, 0) is 9.53 Å². The van der Waals surface area contributed by atoms with Gasteiger partial charge in [0.05, 0.1) is 18.6 Å². The molecule has 5 rings (SSSR count). The molecule has 1 N–H and O–H groups in total. The van der Waals surface area contributed by atoms with Gasteiger partial charge in [0, 0.05) is 15.7 Å². The number of ether oxygens (including phenoxy) is 1. The SMILES string of the molecule is CCOC(=O)[C@H]1CCC2=C1c1c(ccc3ccccc13)N[C@H]2c1ccc(Br)cc1. The number of fused-ring (bicyclic) bond motifs is 4. The number of carbonyl (C=O) groups is 1. The minimum atomic E-state index is -0.199. The molecule has 0 fully saturated rings. The van der Waals surface area contributed by atoms with Crippen LogP contribution in [-0.4, -0.2) is 12.6 Å². The first-order chi connectivity index (χ1) is 14.2. The fraction of sp³-hybridized carbons (Fsp3) is 0.240. The second-order valence-corrected chi connectivity index (χ2v) is 8.54. The van der Waals surface area contributed by atoms with Crippen LogP contribution in [0.5, 0.6) is 0 Å². The predicted molar refractivity (Wildman–Crippen MR) is 121 cm³/mol. The highest BCUT2D eigenvalue weighted by Gasteiger charge is 2.40. The Morgan fingerprint density at radius 2 is 1.90 bits per heavy atom. The Labute approximate surface area is 178 Å². The summed E-state index contributed by atoms with van der Waals surface area (Å²) in [5.41, 5.74) is 5.95. The number of rotatable bonds is 3. The summed E-state index contributed by atoms with van der Waals surface area (Å²) in [6, 6.07) is 21.2. The summed E-state index contributed by atoms with van der Waals surface area (Å²) in [7, 11) is 0. The van der Waals surface area contributed by atoms with Crippen LogP contribution in [0.1, 0.15) is 36.9 Å². The van der Waals surface area contributed by atoms with Crippen LogP contribution >= 0.6 is 15.9 Å². The van der Waals surface area contributed by atoms with Gasteiger partial charge in [-0.25, -0.2) is 0 Å². The van der Waals surface area contributed by atoms with E-state index in [0.29, 0.717) is 6.61 Å². The zero-order valence-corrected chi connectivity index (χ0v) is 17.8. The van der Waals surface area contributed by atoms with Crippen molar-refractivity contribution in [1.82, 2.24) is 0 Å². The fourth-order valence-corrected chi connectivity index (χ4v) is 5.04. The number of halogens is 1. The third kappa shape index (κ3) is 3.06. The highest BCUT2D eigenvalue weighted by Crippen LogP contribution is 2.52. The van der Waals surface area contributed by atoms with Gasteiger partial charge in [0.2, 0.25) is 0 Å². The van der Waals surface area contributed by atoms with Crippen LogP contribution in [0.4, 0.5) is 5.69 Å². The Morgan fingerprint density at radius 3 is 2.69 bits per heavy atom. The van der Waals surface area contributed by atoms with Crippen molar-refractivity contribution >= 4 is 43.9 Å². The van der Waals surface area contributed by atoms with Crippen molar-refractivity contribution in [3.8, 4) is 0 Å². The molecule has 0 spiro atoms. The fourth-order valence-electron chi connectivity index (χ4n) is 4.78. The molecule has 1 aliphatic heterocycles. The van der Waals surface area contributed by atoms with Gasteiger partial charge in [-0.15, -0.1) is 0 Å². The van der Waals surface area contributed by atoms with Crippen LogP contribution in [0.15, 0.2) is 70.7 Å². The molecular weight excluding hydrogens is 426 g/mol. The van der Waals surface area contributed by atoms with Crippen molar-refractivity contribution in [1.29, 1.82) is 0 Å². The van der Waals surface area contributed by atoms with Crippen LogP contribution in [0, 0.1) is 5.92 Å². The molecule has 4 heteroatoms. The Balaban J connectivity index is 1.73. The Morgan fingerprint density at radius 1 is 1.10 bits per heavy atom. The number of hydrogen-bond acceptors (Lipinski definition) is 3. The molecule has 1 heterocycles. The van der Waals surface area contributed by atoms with Crippen molar-refractivity contribution in [2.45, 2.75) is 25.8 Å². The quantitative estimate of drug-likeness (QED) is 0.465. The number of benzene rings is 3. The first-order valence-electron chi connectivity index (χ1n) is 10.1. The van der Waals surface area contributed by atoms with E-state index in [1.807, 2.05) is 6.92 Å². The van der Waals surface area contributed by atoms with E-state index in [1.165, 1.54) is 33.0 Å². The Bertz CT molecular complexity index is 1130. The van der Waals surface area contributed by atoms with E-state index < -0.39 is 0 Å². The zero-order chi connectivity index (χ0) is 20.0. The monoisotopic (exact) mass is 447 g/mol. The summed E-state index contributed by atoms with van der Waals surface area (Å²) >= 11 is 3.53. The molecule has 29 heavy (non-hydrogen) atoms. The van der Waals surface area contributed by atoms with E-state index in [1.54, 1.807) is 0 Å². The van der Waals surface area contributed by atoms with E-state index in [0.717, 1.165) is 23.0 Å². The minimum absolute atomic E-state index is 0.0752. The average molecular weight is 448 g/mol. The third-order valence-electron chi connectivity index (χ3n) is 6.02. The number of nitrogens with one attached hydrogen (secondary N) is 1. The highest BCUT2D eigenvalue weighted by atomic mass is 79.9. The van der Waals surface area contributed by atoms with Crippen molar-refractivity contribution in [3.05, 3.63) is 81.8 Å². The summed E-state index contributed by atoms with van der Waals surface area (Å²) < 4.78 is 6.52. The topological polar surface area (TPSA) is 38.3 Å². The molecule has 0 saturated carbocycles. The van der Waals surface area contributed by atoms with Gasteiger partial charge in [-0.3, -0.25) is 4.79 Å². The lowest BCUT2D eigenvalue weighted by Gasteiger charge is -2.32. The smallest absolute Gasteiger partial charge is 0.313 e. The van der Waals surface area contributed by atoms with Gasteiger partial charge in [-0.1, -0.05) is 58.4 Å². The molecule has 146 valence electrons.